The number of hydrogen-bond donors (Lipinski definition) is 0. The molecular weight excluding hydrogens is 370 g/mol. The molecule has 1 fully saturated rings. The third kappa shape index (κ3) is 3.21. The topological polar surface area (TPSA) is 94.7 Å². The fourth-order valence-electron chi connectivity index (χ4n) is 2.96. The minimum Gasteiger partial charge on any atom is -0.495 e. The van der Waals surface area contributed by atoms with E-state index < -0.39 is 4.92 Å². The van der Waals surface area contributed by atoms with Crippen molar-refractivity contribution in [1.82, 2.24) is 9.47 Å². The van der Waals surface area contributed by atoms with Gasteiger partial charge in [-0.3, -0.25) is 24.6 Å². The zero-order chi connectivity index (χ0) is 19.9. The molecule has 1 aliphatic heterocycles. The van der Waals surface area contributed by atoms with E-state index in [1.807, 2.05) is 24.5 Å². The number of rotatable bonds is 4. The fourth-order valence-corrected chi connectivity index (χ4v) is 3.78. The number of likely N-dealkylation sites (N-methyl/N-ethyl adjacent to an activating group) is 1. The number of methoxy groups -OCH3 is 1. The molecule has 0 atom stereocenters. The number of aromatic nitrogens is 1. The molecule has 2 heterocycles. The first-order valence-electron chi connectivity index (χ1n) is 7.98. The molecule has 3 rings (SSSR count). The first kappa shape index (κ1) is 18.7. The molecular formula is C18H17N3O5S. The van der Waals surface area contributed by atoms with E-state index in [1.54, 1.807) is 12.1 Å². The molecule has 8 nitrogen and oxygen atoms in total. The number of nitrogens with zero attached hydrogens (tertiary/aromatic N) is 3. The Morgan fingerprint density at radius 2 is 1.93 bits per heavy atom. The molecule has 1 aromatic carbocycles. The number of hydrogen-bond acceptors (Lipinski definition) is 6. The normalized spacial score (nSPS) is 15.7. The van der Waals surface area contributed by atoms with Gasteiger partial charge in [0.25, 0.3) is 16.8 Å². The zero-order valence-corrected chi connectivity index (χ0v) is 16.0. The standard InChI is InChI=1S/C18H17N3O5S/c1-10-7-12(8-16-17(22)19(3)18(23)27-16)11(2)20(10)14-9-13(21(24)25)5-6-15(14)26-4/h5-9H,1-4H3/b16-8-. The molecule has 0 unspecified atom stereocenters. The predicted molar refractivity (Wildman–Crippen MR) is 102 cm³/mol. The van der Waals surface area contributed by atoms with E-state index in [4.69, 9.17) is 4.74 Å². The Bertz CT molecular complexity index is 1010. The van der Waals surface area contributed by atoms with Gasteiger partial charge in [-0.05, 0) is 49.4 Å². The van der Waals surface area contributed by atoms with Gasteiger partial charge in [0, 0.05) is 30.6 Å². The molecule has 2 amide bonds. The fraction of sp³-hybridized carbons (Fsp3) is 0.222. The van der Waals surface area contributed by atoms with Crippen molar-refractivity contribution in [3.8, 4) is 11.4 Å². The van der Waals surface area contributed by atoms with Gasteiger partial charge >= 0.3 is 0 Å². The summed E-state index contributed by atoms with van der Waals surface area (Å²) in [6.07, 6.45) is 1.66. The quantitative estimate of drug-likeness (QED) is 0.451. The van der Waals surface area contributed by atoms with Crippen molar-refractivity contribution in [3.05, 3.63) is 56.2 Å². The van der Waals surface area contributed by atoms with Crippen molar-refractivity contribution in [3.63, 3.8) is 0 Å². The van der Waals surface area contributed by atoms with Gasteiger partial charge in [-0.25, -0.2) is 0 Å². The van der Waals surface area contributed by atoms with Crippen LogP contribution in [0.25, 0.3) is 11.8 Å². The zero-order valence-electron chi connectivity index (χ0n) is 15.2. The van der Waals surface area contributed by atoms with Crippen molar-refractivity contribution < 1.29 is 19.2 Å². The second kappa shape index (κ2) is 6.92. The average molecular weight is 387 g/mol. The van der Waals surface area contributed by atoms with E-state index >= 15 is 0 Å². The molecule has 2 aromatic rings. The molecule has 0 N–H and O–H groups in total. The number of carbonyl (C=O) groups excluding carboxylic acids is 2. The molecule has 140 valence electrons. The number of ether oxygens (including phenoxy) is 1. The monoisotopic (exact) mass is 387 g/mol. The summed E-state index contributed by atoms with van der Waals surface area (Å²) in [6, 6.07) is 6.24. The summed E-state index contributed by atoms with van der Waals surface area (Å²) >= 11 is 0.886. The number of amides is 2. The van der Waals surface area contributed by atoms with Crippen LogP contribution >= 0.6 is 11.8 Å². The molecule has 1 aliphatic rings. The summed E-state index contributed by atoms with van der Waals surface area (Å²) < 4.78 is 7.19. The highest BCUT2D eigenvalue weighted by molar-refractivity contribution is 8.18. The van der Waals surface area contributed by atoms with Gasteiger partial charge in [0.15, 0.2) is 0 Å². The average Bonchev–Trinajstić information content (AvgIpc) is 3.04. The van der Waals surface area contributed by atoms with Gasteiger partial charge in [-0.2, -0.15) is 0 Å². The molecule has 1 saturated heterocycles. The Labute approximate surface area is 159 Å². The number of non-ortho nitro benzene ring substituents is 1. The number of benzene rings is 1. The van der Waals surface area contributed by atoms with Crippen molar-refractivity contribution in [2.24, 2.45) is 0 Å². The number of carbonyl (C=O) groups is 2. The van der Waals surface area contributed by atoms with E-state index in [0.717, 1.165) is 33.6 Å². The van der Waals surface area contributed by atoms with E-state index in [1.165, 1.54) is 26.3 Å². The van der Waals surface area contributed by atoms with Crippen LogP contribution < -0.4 is 4.74 Å². The summed E-state index contributed by atoms with van der Waals surface area (Å²) in [7, 11) is 2.94. The molecule has 0 spiro atoms. The summed E-state index contributed by atoms with van der Waals surface area (Å²) in [5, 5.41) is 10.8. The van der Waals surface area contributed by atoms with Crippen LogP contribution in [0.1, 0.15) is 17.0 Å². The molecule has 0 aliphatic carbocycles. The maximum absolute atomic E-state index is 12.1. The number of thioether (sulfide) groups is 1. The highest BCUT2D eigenvalue weighted by Crippen LogP contribution is 2.35. The van der Waals surface area contributed by atoms with Crippen LogP contribution in [0, 0.1) is 24.0 Å². The van der Waals surface area contributed by atoms with E-state index in [-0.39, 0.29) is 16.8 Å². The second-order valence-electron chi connectivity index (χ2n) is 6.02. The maximum Gasteiger partial charge on any atom is 0.293 e. The van der Waals surface area contributed by atoms with Crippen molar-refractivity contribution in [2.45, 2.75) is 13.8 Å². The van der Waals surface area contributed by atoms with Gasteiger partial charge in [0.2, 0.25) is 0 Å². The Morgan fingerprint density at radius 3 is 2.48 bits per heavy atom. The summed E-state index contributed by atoms with van der Waals surface area (Å²) in [6.45, 7) is 3.70. The Kier molecular flexibility index (Phi) is 4.79. The third-order valence-electron chi connectivity index (χ3n) is 4.36. The Morgan fingerprint density at radius 1 is 1.22 bits per heavy atom. The van der Waals surface area contributed by atoms with E-state index in [0.29, 0.717) is 16.3 Å². The van der Waals surface area contributed by atoms with Gasteiger partial charge < -0.3 is 9.30 Å². The lowest BCUT2D eigenvalue weighted by atomic mass is 10.2. The second-order valence-corrected chi connectivity index (χ2v) is 7.01. The number of aryl methyl sites for hydroxylation is 1. The van der Waals surface area contributed by atoms with Crippen molar-refractivity contribution >= 4 is 34.7 Å². The van der Waals surface area contributed by atoms with Gasteiger partial charge in [-0.1, -0.05) is 0 Å². The maximum atomic E-state index is 12.1. The smallest absolute Gasteiger partial charge is 0.293 e. The highest BCUT2D eigenvalue weighted by atomic mass is 32.2. The third-order valence-corrected chi connectivity index (χ3v) is 5.32. The number of imide groups is 1. The lowest BCUT2D eigenvalue weighted by Gasteiger charge is -2.13. The molecule has 0 bridgehead atoms. The van der Waals surface area contributed by atoms with Crippen LogP contribution in [-0.4, -0.2) is 39.7 Å². The number of nitro benzene ring substituents is 1. The summed E-state index contributed by atoms with van der Waals surface area (Å²) in [5.74, 6) is 0.144. The van der Waals surface area contributed by atoms with Crippen molar-refractivity contribution in [1.29, 1.82) is 0 Å². The lowest BCUT2D eigenvalue weighted by Crippen LogP contribution is -2.22. The Balaban J connectivity index is 2.13. The minimum atomic E-state index is -0.463. The van der Waals surface area contributed by atoms with Crippen LogP contribution in [0.5, 0.6) is 5.75 Å². The molecule has 0 saturated carbocycles. The van der Waals surface area contributed by atoms with Crippen molar-refractivity contribution in [2.75, 3.05) is 14.2 Å². The van der Waals surface area contributed by atoms with Crippen LogP contribution in [0.15, 0.2) is 29.2 Å². The molecule has 9 heteroatoms. The number of nitro groups is 1. The van der Waals surface area contributed by atoms with Crippen LogP contribution in [0.2, 0.25) is 0 Å². The predicted octanol–water partition coefficient (Wildman–Crippen LogP) is 3.68. The van der Waals surface area contributed by atoms with E-state index in [9.17, 15) is 19.7 Å². The molecule has 0 radical (unpaired) electrons. The minimum absolute atomic E-state index is 0.0491. The molecule has 1 aromatic heterocycles. The first-order valence-corrected chi connectivity index (χ1v) is 8.79. The highest BCUT2D eigenvalue weighted by Gasteiger charge is 2.32. The van der Waals surface area contributed by atoms with Gasteiger partial charge in [0.1, 0.15) is 5.75 Å². The molecule has 27 heavy (non-hydrogen) atoms. The summed E-state index contributed by atoms with van der Waals surface area (Å²) in [5.41, 5.74) is 2.82. The SMILES string of the molecule is COc1ccc([N+](=O)[O-])cc1-n1c(C)cc(/C=C2\SC(=O)N(C)C2=O)c1C. The van der Waals surface area contributed by atoms with E-state index in [2.05, 4.69) is 0 Å². The van der Waals surface area contributed by atoms with Crippen LogP contribution in [0.4, 0.5) is 10.5 Å². The van der Waals surface area contributed by atoms with Crippen LogP contribution in [0.3, 0.4) is 0 Å². The van der Waals surface area contributed by atoms with Gasteiger partial charge in [-0.15, -0.1) is 0 Å². The van der Waals surface area contributed by atoms with Gasteiger partial charge in [0.05, 0.1) is 22.6 Å². The lowest BCUT2D eigenvalue weighted by molar-refractivity contribution is -0.384. The largest absolute Gasteiger partial charge is 0.495 e. The summed E-state index contributed by atoms with van der Waals surface area (Å²) in [4.78, 5) is 35.9. The Hall–Kier alpha value is -3.07. The first-order chi connectivity index (χ1) is 12.7. The van der Waals surface area contributed by atoms with Crippen LogP contribution in [-0.2, 0) is 4.79 Å².